The zero-order chi connectivity index (χ0) is 28.3. The maximum Gasteiger partial charge on any atom is 0.254 e. The SMILES string of the molecule is Cc1ccc2c(c1)c(-c1cccc(N)c1)c(CCc1ccccc1)n2CNC(=O)c1ccc(-n2cnnc2)cc1Cl. The van der Waals surface area contributed by atoms with Gasteiger partial charge in [-0.15, -0.1) is 10.2 Å². The lowest BCUT2D eigenvalue weighted by Crippen LogP contribution is -2.27. The van der Waals surface area contributed by atoms with Crippen LogP contribution in [0.4, 0.5) is 5.69 Å². The molecule has 0 aliphatic carbocycles. The highest BCUT2D eigenvalue weighted by molar-refractivity contribution is 6.34. The van der Waals surface area contributed by atoms with Gasteiger partial charge < -0.3 is 15.6 Å². The molecule has 2 heterocycles. The summed E-state index contributed by atoms with van der Waals surface area (Å²) in [5, 5.41) is 12.3. The fourth-order valence-corrected chi connectivity index (χ4v) is 5.58. The molecule has 0 aliphatic heterocycles. The maximum absolute atomic E-state index is 13.4. The Kier molecular flexibility index (Phi) is 7.27. The summed E-state index contributed by atoms with van der Waals surface area (Å²) in [6.07, 6.45) is 4.81. The van der Waals surface area contributed by atoms with Gasteiger partial charge in [-0.05, 0) is 73.4 Å². The number of anilines is 1. The van der Waals surface area contributed by atoms with Crippen LogP contribution in [0.2, 0.25) is 5.02 Å². The Labute approximate surface area is 243 Å². The van der Waals surface area contributed by atoms with Gasteiger partial charge in [-0.2, -0.15) is 0 Å². The second-order valence-corrected chi connectivity index (χ2v) is 10.5. The van der Waals surface area contributed by atoms with E-state index in [1.807, 2.05) is 30.3 Å². The topological polar surface area (TPSA) is 90.8 Å². The normalized spacial score (nSPS) is 11.2. The molecule has 8 heteroatoms. The molecule has 2 aromatic heterocycles. The summed E-state index contributed by atoms with van der Waals surface area (Å²) in [5.41, 5.74) is 14.9. The lowest BCUT2D eigenvalue weighted by Gasteiger charge is -2.15. The van der Waals surface area contributed by atoms with Gasteiger partial charge in [-0.25, -0.2) is 0 Å². The quantitative estimate of drug-likeness (QED) is 0.205. The van der Waals surface area contributed by atoms with E-state index in [-0.39, 0.29) is 12.6 Å². The van der Waals surface area contributed by atoms with Crippen LogP contribution in [0.5, 0.6) is 0 Å². The Morgan fingerprint density at radius 3 is 2.46 bits per heavy atom. The molecule has 0 aliphatic rings. The van der Waals surface area contributed by atoms with Crippen molar-refractivity contribution in [2.24, 2.45) is 0 Å². The molecular weight excluding hydrogens is 532 g/mol. The first kappa shape index (κ1) is 26.3. The van der Waals surface area contributed by atoms with Crippen molar-refractivity contribution in [3.63, 3.8) is 0 Å². The third-order valence-electron chi connectivity index (χ3n) is 7.31. The smallest absolute Gasteiger partial charge is 0.254 e. The average molecular weight is 561 g/mol. The number of hydrogen-bond acceptors (Lipinski definition) is 4. The second-order valence-electron chi connectivity index (χ2n) is 10.1. The number of carbonyl (C=O) groups excluding carboxylic acids is 1. The van der Waals surface area contributed by atoms with Crippen LogP contribution in [0, 0.1) is 6.92 Å². The van der Waals surface area contributed by atoms with Gasteiger partial charge in [0.15, 0.2) is 0 Å². The van der Waals surface area contributed by atoms with Crippen molar-refractivity contribution in [1.29, 1.82) is 0 Å². The molecule has 0 atom stereocenters. The summed E-state index contributed by atoms with van der Waals surface area (Å²) in [6.45, 7) is 2.38. The highest BCUT2D eigenvalue weighted by Crippen LogP contribution is 2.37. The van der Waals surface area contributed by atoms with Crippen molar-refractivity contribution in [3.8, 4) is 16.8 Å². The lowest BCUT2D eigenvalue weighted by molar-refractivity contribution is 0.0942. The zero-order valence-corrected chi connectivity index (χ0v) is 23.3. The number of nitrogens with two attached hydrogens (primary N) is 1. The number of nitrogen functional groups attached to an aromatic ring is 1. The summed E-state index contributed by atoms with van der Waals surface area (Å²) in [6, 6.07) is 30.1. The first-order valence-electron chi connectivity index (χ1n) is 13.4. The summed E-state index contributed by atoms with van der Waals surface area (Å²) in [7, 11) is 0. The van der Waals surface area contributed by atoms with E-state index < -0.39 is 0 Å². The van der Waals surface area contributed by atoms with Gasteiger partial charge in [0.25, 0.3) is 5.91 Å². The minimum absolute atomic E-state index is 0.251. The minimum atomic E-state index is -0.251. The van der Waals surface area contributed by atoms with E-state index in [2.05, 4.69) is 75.5 Å². The average Bonchev–Trinajstić information content (AvgIpc) is 3.62. The van der Waals surface area contributed by atoms with E-state index in [0.717, 1.165) is 46.3 Å². The molecule has 0 bridgehead atoms. The molecule has 6 aromatic rings. The molecule has 6 rings (SSSR count). The van der Waals surface area contributed by atoms with Crippen molar-refractivity contribution in [2.75, 3.05) is 5.73 Å². The van der Waals surface area contributed by atoms with Crippen molar-refractivity contribution in [1.82, 2.24) is 24.6 Å². The van der Waals surface area contributed by atoms with Crippen LogP contribution >= 0.6 is 11.6 Å². The van der Waals surface area contributed by atoms with E-state index in [9.17, 15) is 4.79 Å². The van der Waals surface area contributed by atoms with E-state index in [0.29, 0.717) is 16.3 Å². The standard InChI is InChI=1S/C33H29ClN6O/c1-22-10-14-30-28(16-22)32(24-8-5-9-25(35)17-24)31(15-11-23-6-3-2-4-7-23)40(30)19-36-33(41)27-13-12-26(18-29(27)34)39-20-37-38-21-39/h2-10,12-14,16-18,20-21H,11,15,19,35H2,1H3,(H,36,41). The molecule has 0 fully saturated rings. The number of aryl methyl sites for hydroxylation is 2. The molecule has 3 N–H and O–H groups in total. The minimum Gasteiger partial charge on any atom is -0.399 e. The Morgan fingerprint density at radius 1 is 0.902 bits per heavy atom. The number of rotatable bonds is 8. The summed E-state index contributed by atoms with van der Waals surface area (Å²) in [5.74, 6) is -0.251. The van der Waals surface area contributed by atoms with Crippen molar-refractivity contribution in [2.45, 2.75) is 26.4 Å². The molecule has 0 radical (unpaired) electrons. The van der Waals surface area contributed by atoms with Crippen LogP contribution in [-0.4, -0.2) is 25.2 Å². The van der Waals surface area contributed by atoms with Gasteiger partial charge in [0.05, 0.1) is 22.8 Å². The molecule has 41 heavy (non-hydrogen) atoms. The van der Waals surface area contributed by atoms with E-state index in [1.54, 1.807) is 29.4 Å². The number of carbonyl (C=O) groups is 1. The number of hydrogen-bond donors (Lipinski definition) is 2. The van der Waals surface area contributed by atoms with Crippen LogP contribution < -0.4 is 11.1 Å². The predicted octanol–water partition coefficient (Wildman–Crippen LogP) is 6.61. The number of nitrogens with one attached hydrogen (secondary N) is 1. The number of nitrogens with zero attached hydrogens (tertiary/aromatic N) is 4. The van der Waals surface area contributed by atoms with Gasteiger partial charge in [0.2, 0.25) is 0 Å². The number of halogens is 1. The third-order valence-corrected chi connectivity index (χ3v) is 7.62. The molecule has 204 valence electrons. The largest absolute Gasteiger partial charge is 0.399 e. The van der Waals surface area contributed by atoms with Crippen molar-refractivity contribution in [3.05, 3.63) is 131 Å². The van der Waals surface area contributed by atoms with Crippen LogP contribution in [0.1, 0.15) is 27.2 Å². The fraction of sp³-hybridized carbons (Fsp3) is 0.121. The van der Waals surface area contributed by atoms with E-state index in [1.165, 1.54) is 11.1 Å². The molecule has 1 amide bonds. The third kappa shape index (κ3) is 5.44. The molecule has 4 aromatic carbocycles. The van der Waals surface area contributed by atoms with Gasteiger partial charge in [0, 0.05) is 28.0 Å². The van der Waals surface area contributed by atoms with Crippen LogP contribution in [0.15, 0.2) is 104 Å². The van der Waals surface area contributed by atoms with Crippen molar-refractivity contribution < 1.29 is 4.79 Å². The molecule has 7 nitrogen and oxygen atoms in total. The highest BCUT2D eigenvalue weighted by atomic mass is 35.5. The second kappa shape index (κ2) is 11.3. The number of fused-ring (bicyclic) bond motifs is 1. The first-order valence-corrected chi connectivity index (χ1v) is 13.8. The first-order chi connectivity index (χ1) is 20.0. The number of aromatic nitrogens is 4. The van der Waals surface area contributed by atoms with Crippen molar-refractivity contribution >= 4 is 34.1 Å². The Bertz CT molecular complexity index is 1840. The van der Waals surface area contributed by atoms with Crippen LogP contribution in [-0.2, 0) is 19.5 Å². The molecule has 0 saturated heterocycles. The van der Waals surface area contributed by atoms with Gasteiger partial charge in [-0.1, -0.05) is 65.7 Å². The Morgan fingerprint density at radius 2 is 1.71 bits per heavy atom. The molecule has 0 saturated carbocycles. The monoisotopic (exact) mass is 560 g/mol. The summed E-state index contributed by atoms with van der Waals surface area (Å²) < 4.78 is 3.94. The predicted molar refractivity (Wildman–Crippen MR) is 164 cm³/mol. The maximum atomic E-state index is 13.4. The molecule has 0 unspecified atom stereocenters. The highest BCUT2D eigenvalue weighted by Gasteiger charge is 2.20. The Balaban J connectivity index is 1.38. The summed E-state index contributed by atoms with van der Waals surface area (Å²) in [4.78, 5) is 13.4. The molecule has 0 spiro atoms. The van der Waals surface area contributed by atoms with Gasteiger partial charge in [-0.3, -0.25) is 9.36 Å². The Hall–Kier alpha value is -4.88. The lowest BCUT2D eigenvalue weighted by atomic mass is 9.97. The fourth-order valence-electron chi connectivity index (χ4n) is 5.31. The number of amides is 1. The summed E-state index contributed by atoms with van der Waals surface area (Å²) >= 11 is 6.55. The number of benzene rings is 4. The van der Waals surface area contributed by atoms with Crippen LogP contribution in [0.25, 0.3) is 27.7 Å². The molecular formula is C33H29ClN6O. The van der Waals surface area contributed by atoms with Gasteiger partial charge in [0.1, 0.15) is 12.7 Å². The van der Waals surface area contributed by atoms with E-state index >= 15 is 0 Å². The van der Waals surface area contributed by atoms with Crippen LogP contribution in [0.3, 0.4) is 0 Å². The van der Waals surface area contributed by atoms with E-state index in [4.69, 9.17) is 17.3 Å². The zero-order valence-electron chi connectivity index (χ0n) is 22.6. The van der Waals surface area contributed by atoms with Gasteiger partial charge >= 0.3 is 0 Å².